The molecule has 0 aromatic carbocycles. The Kier molecular flexibility index (Phi) is 2.11. The highest BCUT2D eigenvalue weighted by molar-refractivity contribution is 5.71. The Balaban J connectivity index is 2.09. The summed E-state index contributed by atoms with van der Waals surface area (Å²) in [5, 5.41) is 3.26. The first-order valence-electron chi connectivity index (χ1n) is 5.31. The molecule has 0 saturated carbocycles. The van der Waals surface area contributed by atoms with Crippen LogP contribution in [0.3, 0.4) is 0 Å². The molecule has 0 saturated heterocycles. The van der Waals surface area contributed by atoms with Crippen molar-refractivity contribution < 1.29 is 0 Å². The number of fused-ring (bicyclic) bond motifs is 1. The highest BCUT2D eigenvalue weighted by Gasteiger charge is 2.03. The zero-order valence-corrected chi connectivity index (χ0v) is 8.80. The highest BCUT2D eigenvalue weighted by atomic mass is 14.9. The summed E-state index contributed by atoms with van der Waals surface area (Å²) < 4.78 is 2.12. The van der Waals surface area contributed by atoms with E-state index in [0.29, 0.717) is 0 Å². The SMILES string of the molecule is C1=CC=C(c2cc3ccccn3c2)NC=C1. The topological polar surface area (TPSA) is 16.4 Å². The van der Waals surface area contributed by atoms with Gasteiger partial charge in [0.15, 0.2) is 0 Å². The van der Waals surface area contributed by atoms with Gasteiger partial charge in [0, 0.05) is 35.4 Å². The molecule has 0 bridgehead atoms. The summed E-state index contributed by atoms with van der Waals surface area (Å²) in [6, 6.07) is 8.36. The van der Waals surface area contributed by atoms with E-state index in [1.165, 1.54) is 11.1 Å². The zero-order valence-electron chi connectivity index (χ0n) is 8.80. The number of hydrogen-bond donors (Lipinski definition) is 1. The Labute approximate surface area is 94.2 Å². The van der Waals surface area contributed by atoms with Crippen LogP contribution in [0.4, 0.5) is 0 Å². The molecule has 2 nitrogen and oxygen atoms in total. The van der Waals surface area contributed by atoms with Crippen molar-refractivity contribution in [1.82, 2.24) is 9.72 Å². The van der Waals surface area contributed by atoms with Crippen molar-refractivity contribution in [2.75, 3.05) is 0 Å². The van der Waals surface area contributed by atoms with Gasteiger partial charge in [0.05, 0.1) is 0 Å². The van der Waals surface area contributed by atoms with Crippen molar-refractivity contribution in [3.8, 4) is 0 Å². The first-order chi connectivity index (χ1) is 7.93. The largest absolute Gasteiger partial charge is 0.361 e. The Morgan fingerprint density at radius 3 is 3.00 bits per heavy atom. The molecule has 1 aliphatic heterocycles. The van der Waals surface area contributed by atoms with Gasteiger partial charge in [0.2, 0.25) is 0 Å². The minimum Gasteiger partial charge on any atom is -0.361 e. The van der Waals surface area contributed by atoms with Crippen molar-refractivity contribution in [3.63, 3.8) is 0 Å². The van der Waals surface area contributed by atoms with Gasteiger partial charge in [-0.15, -0.1) is 0 Å². The minimum absolute atomic E-state index is 1.12. The van der Waals surface area contributed by atoms with Crippen LogP contribution in [0.5, 0.6) is 0 Å². The van der Waals surface area contributed by atoms with Gasteiger partial charge in [-0.05, 0) is 30.4 Å². The van der Waals surface area contributed by atoms with Crippen LogP contribution in [0.25, 0.3) is 11.2 Å². The molecule has 3 rings (SSSR count). The maximum absolute atomic E-state index is 3.26. The van der Waals surface area contributed by atoms with Gasteiger partial charge >= 0.3 is 0 Å². The van der Waals surface area contributed by atoms with E-state index in [-0.39, 0.29) is 0 Å². The molecule has 1 N–H and O–H groups in total. The van der Waals surface area contributed by atoms with Crippen LogP contribution in [-0.4, -0.2) is 4.40 Å². The number of allylic oxidation sites excluding steroid dienone is 4. The van der Waals surface area contributed by atoms with Gasteiger partial charge in [-0.2, -0.15) is 0 Å². The predicted octanol–water partition coefficient (Wildman–Crippen LogP) is 2.95. The van der Waals surface area contributed by atoms with E-state index in [1.54, 1.807) is 0 Å². The second-order valence-corrected chi connectivity index (χ2v) is 3.73. The molecule has 1 aliphatic rings. The van der Waals surface area contributed by atoms with Crippen LogP contribution in [0.1, 0.15) is 5.56 Å². The second kappa shape index (κ2) is 3.74. The third-order valence-electron chi connectivity index (χ3n) is 2.64. The first-order valence-corrected chi connectivity index (χ1v) is 5.31. The van der Waals surface area contributed by atoms with E-state index in [4.69, 9.17) is 0 Å². The van der Waals surface area contributed by atoms with Crippen LogP contribution >= 0.6 is 0 Å². The molecular weight excluding hydrogens is 196 g/mol. The molecule has 0 fully saturated rings. The lowest BCUT2D eigenvalue weighted by atomic mass is 10.2. The molecule has 0 spiro atoms. The minimum atomic E-state index is 1.12. The van der Waals surface area contributed by atoms with Crippen LogP contribution in [-0.2, 0) is 0 Å². The van der Waals surface area contributed by atoms with E-state index in [9.17, 15) is 0 Å². The van der Waals surface area contributed by atoms with E-state index in [2.05, 4.69) is 40.3 Å². The maximum Gasteiger partial charge on any atom is 0.0469 e. The number of nitrogens with one attached hydrogen (secondary N) is 1. The van der Waals surface area contributed by atoms with Crippen LogP contribution < -0.4 is 5.32 Å². The number of hydrogen-bond acceptors (Lipinski definition) is 1. The molecule has 3 heterocycles. The Hall–Kier alpha value is -2.22. The second-order valence-electron chi connectivity index (χ2n) is 3.73. The van der Waals surface area contributed by atoms with Gasteiger partial charge in [0.25, 0.3) is 0 Å². The Morgan fingerprint density at radius 2 is 2.06 bits per heavy atom. The van der Waals surface area contributed by atoms with Crippen molar-refractivity contribution >= 4 is 11.2 Å². The Morgan fingerprint density at radius 1 is 1.06 bits per heavy atom. The van der Waals surface area contributed by atoms with Crippen LogP contribution in [0, 0.1) is 0 Å². The molecule has 0 atom stereocenters. The molecule has 16 heavy (non-hydrogen) atoms. The molecule has 0 aliphatic carbocycles. The maximum atomic E-state index is 3.26. The van der Waals surface area contributed by atoms with Crippen molar-refractivity contribution in [2.45, 2.75) is 0 Å². The number of aromatic nitrogens is 1. The van der Waals surface area contributed by atoms with E-state index >= 15 is 0 Å². The third kappa shape index (κ3) is 1.54. The number of nitrogens with zero attached hydrogens (tertiary/aromatic N) is 1. The summed E-state index contributed by atoms with van der Waals surface area (Å²) >= 11 is 0. The molecule has 78 valence electrons. The molecule has 2 heteroatoms. The summed E-state index contributed by atoms with van der Waals surface area (Å²) in [7, 11) is 0. The molecule has 0 amide bonds. The summed E-state index contributed by atoms with van der Waals surface area (Å²) in [4.78, 5) is 0. The van der Waals surface area contributed by atoms with Gasteiger partial charge in [-0.3, -0.25) is 0 Å². The van der Waals surface area contributed by atoms with Gasteiger partial charge in [-0.25, -0.2) is 0 Å². The van der Waals surface area contributed by atoms with E-state index in [1.807, 2.05) is 36.6 Å². The van der Waals surface area contributed by atoms with Crippen molar-refractivity contribution in [2.24, 2.45) is 0 Å². The van der Waals surface area contributed by atoms with E-state index < -0.39 is 0 Å². The summed E-state index contributed by atoms with van der Waals surface area (Å²) in [5.41, 5.74) is 3.52. The monoisotopic (exact) mass is 208 g/mol. The fraction of sp³-hybridized carbons (Fsp3) is 0. The van der Waals surface area contributed by atoms with Gasteiger partial charge in [0.1, 0.15) is 0 Å². The van der Waals surface area contributed by atoms with Crippen LogP contribution in [0.15, 0.2) is 67.2 Å². The fourth-order valence-corrected chi connectivity index (χ4v) is 1.84. The van der Waals surface area contributed by atoms with Crippen LogP contribution in [0.2, 0.25) is 0 Å². The standard InChI is InChI=1S/C14H12N2/c1-2-7-14(15-8-4-1)12-10-13-6-3-5-9-16(13)11-12/h1-11,15H. The average molecular weight is 208 g/mol. The predicted molar refractivity (Wildman–Crippen MR) is 66.8 cm³/mol. The molecule has 2 aromatic rings. The van der Waals surface area contributed by atoms with Gasteiger partial charge in [-0.1, -0.05) is 18.2 Å². The molecular formula is C14H12N2. The Bertz CT molecular complexity index is 567. The normalized spacial score (nSPS) is 14.6. The first kappa shape index (κ1) is 9.04. The smallest absolute Gasteiger partial charge is 0.0469 e. The van der Waals surface area contributed by atoms with Crippen molar-refractivity contribution in [1.29, 1.82) is 0 Å². The average Bonchev–Trinajstić information content (AvgIpc) is 2.56. The lowest BCUT2D eigenvalue weighted by molar-refractivity contribution is 1.18. The van der Waals surface area contributed by atoms with Crippen molar-refractivity contribution in [3.05, 3.63) is 72.7 Å². The summed E-state index contributed by atoms with van der Waals surface area (Å²) in [5.74, 6) is 0. The summed E-state index contributed by atoms with van der Waals surface area (Å²) in [6.45, 7) is 0. The lowest BCUT2D eigenvalue weighted by Gasteiger charge is -2.01. The molecule has 2 aromatic heterocycles. The highest BCUT2D eigenvalue weighted by Crippen LogP contribution is 2.17. The fourth-order valence-electron chi connectivity index (χ4n) is 1.84. The summed E-state index contributed by atoms with van der Waals surface area (Å²) in [6.07, 6.45) is 14.2. The molecule has 0 unspecified atom stereocenters. The number of rotatable bonds is 1. The third-order valence-corrected chi connectivity index (χ3v) is 2.64. The van der Waals surface area contributed by atoms with E-state index in [0.717, 1.165) is 5.70 Å². The number of pyridine rings is 1. The zero-order chi connectivity index (χ0) is 10.8. The quantitative estimate of drug-likeness (QED) is 0.762. The van der Waals surface area contributed by atoms with Gasteiger partial charge < -0.3 is 9.72 Å². The molecule has 0 radical (unpaired) electrons. The lowest BCUT2D eigenvalue weighted by Crippen LogP contribution is -2.01.